The highest BCUT2D eigenvalue weighted by Crippen LogP contribution is 2.30. The molecular formula is C18H18N4O2. The lowest BCUT2D eigenvalue weighted by Crippen LogP contribution is -2.19. The Morgan fingerprint density at radius 3 is 2.58 bits per heavy atom. The second-order valence-electron chi connectivity index (χ2n) is 5.72. The van der Waals surface area contributed by atoms with Crippen molar-refractivity contribution in [2.75, 3.05) is 5.32 Å². The molecule has 0 spiro atoms. The van der Waals surface area contributed by atoms with Gasteiger partial charge >= 0.3 is 0 Å². The van der Waals surface area contributed by atoms with Crippen LogP contribution in [0.15, 0.2) is 53.9 Å². The molecule has 1 aliphatic carbocycles. The van der Waals surface area contributed by atoms with Crippen molar-refractivity contribution in [2.45, 2.75) is 19.8 Å². The topological polar surface area (TPSA) is 83.4 Å². The smallest absolute Gasteiger partial charge is 0.271 e. The van der Waals surface area contributed by atoms with Crippen molar-refractivity contribution in [3.05, 3.63) is 59.9 Å². The van der Waals surface area contributed by atoms with Crippen molar-refractivity contribution >= 4 is 23.2 Å². The first-order chi connectivity index (χ1) is 11.6. The zero-order valence-electron chi connectivity index (χ0n) is 13.3. The molecule has 0 saturated heterocycles. The van der Waals surface area contributed by atoms with Gasteiger partial charge in [-0.25, -0.2) is 5.43 Å². The van der Waals surface area contributed by atoms with Gasteiger partial charge in [0.2, 0.25) is 5.91 Å². The largest absolute Gasteiger partial charge is 0.326 e. The number of nitrogens with zero attached hydrogens (tertiary/aromatic N) is 2. The van der Waals surface area contributed by atoms with E-state index in [2.05, 4.69) is 20.8 Å². The van der Waals surface area contributed by atoms with Crippen LogP contribution in [0.2, 0.25) is 0 Å². The molecule has 0 unspecified atom stereocenters. The molecule has 1 heterocycles. The van der Waals surface area contributed by atoms with Crippen molar-refractivity contribution in [1.82, 2.24) is 10.4 Å². The maximum absolute atomic E-state index is 12.0. The van der Waals surface area contributed by atoms with Crippen molar-refractivity contribution < 1.29 is 9.59 Å². The van der Waals surface area contributed by atoms with Gasteiger partial charge in [-0.2, -0.15) is 5.10 Å². The van der Waals surface area contributed by atoms with E-state index in [4.69, 9.17) is 0 Å². The van der Waals surface area contributed by atoms with Gasteiger partial charge in [-0.3, -0.25) is 14.6 Å². The summed E-state index contributed by atoms with van der Waals surface area (Å²) in [4.78, 5) is 27.7. The summed E-state index contributed by atoms with van der Waals surface area (Å²) in [5.74, 6) is -0.0780. The molecule has 0 atom stereocenters. The van der Waals surface area contributed by atoms with E-state index < -0.39 is 0 Å². The summed E-state index contributed by atoms with van der Waals surface area (Å²) in [7, 11) is 0. The Hall–Kier alpha value is -3.02. The Kier molecular flexibility index (Phi) is 4.65. The third-order valence-electron chi connectivity index (χ3n) is 3.76. The molecular weight excluding hydrogens is 304 g/mol. The zero-order valence-corrected chi connectivity index (χ0v) is 13.3. The van der Waals surface area contributed by atoms with Crippen LogP contribution in [-0.2, 0) is 4.79 Å². The number of carbonyl (C=O) groups is 2. The Morgan fingerprint density at radius 1 is 1.12 bits per heavy atom. The van der Waals surface area contributed by atoms with Crippen molar-refractivity contribution in [3.63, 3.8) is 0 Å². The molecule has 3 rings (SSSR count). The lowest BCUT2D eigenvalue weighted by Gasteiger charge is -2.07. The summed E-state index contributed by atoms with van der Waals surface area (Å²) in [5, 5.41) is 7.02. The standard InChI is InChI=1S/C18H18N4O2/c1-12(21-22-18(24)14-7-9-19-10-8-14)15-3-2-4-16(11-15)20-17(23)13-5-6-13/h2-4,7-11,13H,5-6H2,1H3,(H,20,23)(H,22,24)/b21-12-. The van der Waals surface area contributed by atoms with Crippen LogP contribution < -0.4 is 10.7 Å². The maximum atomic E-state index is 12.0. The van der Waals surface area contributed by atoms with E-state index in [1.807, 2.05) is 24.3 Å². The molecule has 0 aliphatic heterocycles. The molecule has 0 radical (unpaired) electrons. The van der Waals surface area contributed by atoms with Gasteiger partial charge in [0.15, 0.2) is 0 Å². The zero-order chi connectivity index (χ0) is 16.9. The molecule has 1 aromatic carbocycles. The number of rotatable bonds is 5. The first-order valence-electron chi connectivity index (χ1n) is 7.79. The number of amides is 2. The Balaban J connectivity index is 1.66. The van der Waals surface area contributed by atoms with E-state index in [1.165, 1.54) is 0 Å². The fraction of sp³-hybridized carbons (Fsp3) is 0.222. The molecule has 1 fully saturated rings. The predicted molar refractivity (Wildman–Crippen MR) is 91.7 cm³/mol. The normalized spacial score (nSPS) is 14.1. The first-order valence-corrected chi connectivity index (χ1v) is 7.79. The van der Waals surface area contributed by atoms with E-state index in [0.29, 0.717) is 11.3 Å². The molecule has 2 amide bonds. The molecule has 122 valence electrons. The Bertz CT molecular complexity index is 783. The number of benzene rings is 1. The summed E-state index contributed by atoms with van der Waals surface area (Å²) in [6, 6.07) is 10.7. The van der Waals surface area contributed by atoms with Crippen molar-refractivity contribution in [2.24, 2.45) is 11.0 Å². The Labute approximate surface area is 140 Å². The summed E-state index contributed by atoms with van der Waals surface area (Å²) >= 11 is 0. The second-order valence-corrected chi connectivity index (χ2v) is 5.72. The highest BCUT2D eigenvalue weighted by Gasteiger charge is 2.29. The molecule has 6 nitrogen and oxygen atoms in total. The minimum atomic E-state index is -0.296. The average Bonchev–Trinajstić information content (AvgIpc) is 3.45. The quantitative estimate of drug-likeness (QED) is 0.655. The lowest BCUT2D eigenvalue weighted by molar-refractivity contribution is -0.117. The van der Waals surface area contributed by atoms with Crippen molar-refractivity contribution in [3.8, 4) is 0 Å². The highest BCUT2D eigenvalue weighted by molar-refractivity contribution is 6.02. The minimum absolute atomic E-state index is 0.0627. The maximum Gasteiger partial charge on any atom is 0.271 e. The van der Waals surface area contributed by atoms with Crippen LogP contribution in [0.25, 0.3) is 0 Å². The monoisotopic (exact) mass is 322 g/mol. The van der Waals surface area contributed by atoms with Crippen LogP contribution in [0.4, 0.5) is 5.69 Å². The van der Waals surface area contributed by atoms with E-state index in [1.54, 1.807) is 31.5 Å². The number of pyridine rings is 1. The summed E-state index contributed by atoms with van der Waals surface area (Å²) < 4.78 is 0. The lowest BCUT2D eigenvalue weighted by atomic mass is 10.1. The summed E-state index contributed by atoms with van der Waals surface area (Å²) in [6.45, 7) is 1.80. The van der Waals surface area contributed by atoms with Crippen LogP contribution in [0.1, 0.15) is 35.7 Å². The van der Waals surface area contributed by atoms with E-state index in [-0.39, 0.29) is 17.7 Å². The second kappa shape index (κ2) is 7.04. The molecule has 0 bridgehead atoms. The first kappa shape index (κ1) is 15.9. The SMILES string of the molecule is C/C(=N/NC(=O)c1ccncc1)c1cccc(NC(=O)C2CC2)c1. The third kappa shape index (κ3) is 4.04. The van der Waals surface area contributed by atoms with Gasteiger partial charge in [-0.1, -0.05) is 12.1 Å². The van der Waals surface area contributed by atoms with E-state index >= 15 is 0 Å². The van der Waals surface area contributed by atoms with Gasteiger partial charge in [0, 0.05) is 29.6 Å². The third-order valence-corrected chi connectivity index (χ3v) is 3.76. The number of hydrazone groups is 1. The van der Waals surface area contributed by atoms with E-state index in [0.717, 1.165) is 24.1 Å². The number of hydrogen-bond donors (Lipinski definition) is 2. The van der Waals surface area contributed by atoms with Gasteiger partial charge in [0.25, 0.3) is 5.91 Å². The van der Waals surface area contributed by atoms with Crippen LogP contribution in [0, 0.1) is 5.92 Å². The van der Waals surface area contributed by atoms with Gasteiger partial charge in [0.1, 0.15) is 0 Å². The molecule has 1 aromatic heterocycles. The van der Waals surface area contributed by atoms with Gasteiger partial charge < -0.3 is 5.32 Å². The molecule has 2 N–H and O–H groups in total. The predicted octanol–water partition coefficient (Wildman–Crippen LogP) is 2.58. The molecule has 1 aliphatic rings. The average molecular weight is 322 g/mol. The van der Waals surface area contributed by atoms with Crippen LogP contribution in [0.3, 0.4) is 0 Å². The number of aromatic nitrogens is 1. The number of anilines is 1. The van der Waals surface area contributed by atoms with E-state index in [9.17, 15) is 9.59 Å². The van der Waals surface area contributed by atoms with Gasteiger partial charge in [0.05, 0.1) is 5.71 Å². The number of nitrogens with one attached hydrogen (secondary N) is 2. The Morgan fingerprint density at radius 2 is 1.88 bits per heavy atom. The van der Waals surface area contributed by atoms with Crippen LogP contribution in [0.5, 0.6) is 0 Å². The highest BCUT2D eigenvalue weighted by atomic mass is 16.2. The fourth-order valence-electron chi connectivity index (χ4n) is 2.18. The van der Waals surface area contributed by atoms with Crippen LogP contribution in [-0.4, -0.2) is 22.5 Å². The molecule has 24 heavy (non-hydrogen) atoms. The van der Waals surface area contributed by atoms with Crippen molar-refractivity contribution in [1.29, 1.82) is 0 Å². The van der Waals surface area contributed by atoms with Gasteiger partial charge in [-0.15, -0.1) is 0 Å². The number of hydrogen-bond acceptors (Lipinski definition) is 4. The fourth-order valence-corrected chi connectivity index (χ4v) is 2.18. The van der Waals surface area contributed by atoms with Crippen LogP contribution >= 0.6 is 0 Å². The minimum Gasteiger partial charge on any atom is -0.326 e. The van der Waals surface area contributed by atoms with Gasteiger partial charge in [-0.05, 0) is 49.6 Å². The molecule has 1 saturated carbocycles. The molecule has 2 aromatic rings. The summed E-state index contributed by atoms with van der Waals surface area (Å²) in [5.41, 5.74) is 5.23. The summed E-state index contributed by atoms with van der Waals surface area (Å²) in [6.07, 6.45) is 5.04. The number of carbonyl (C=O) groups excluding carboxylic acids is 2. The molecule has 6 heteroatoms.